The molecule has 5 heteroatoms. The molecule has 2 rings (SSSR count). The fourth-order valence-corrected chi connectivity index (χ4v) is 2.99. The van der Waals surface area contributed by atoms with Crippen LogP contribution in [-0.2, 0) is 11.2 Å². The maximum atomic E-state index is 10.6. The molecule has 0 atom stereocenters. The number of benzene rings is 1. The molecule has 88 valence electrons. The van der Waals surface area contributed by atoms with E-state index in [0.29, 0.717) is 10.0 Å². The summed E-state index contributed by atoms with van der Waals surface area (Å²) in [6, 6.07) is 8.97. The van der Waals surface area contributed by atoms with E-state index in [0.717, 1.165) is 15.3 Å². The third-order valence-electron chi connectivity index (χ3n) is 2.13. The Morgan fingerprint density at radius 2 is 1.82 bits per heavy atom. The highest BCUT2D eigenvalue weighted by Gasteiger charge is 2.07. The molecule has 2 nitrogen and oxygen atoms in total. The van der Waals surface area contributed by atoms with Crippen LogP contribution < -0.4 is 0 Å². The Kier molecular flexibility index (Phi) is 3.72. The Hall–Kier alpha value is -1.03. The van der Waals surface area contributed by atoms with Crippen LogP contribution in [0, 0.1) is 0 Å². The van der Waals surface area contributed by atoms with Crippen LogP contribution in [0.1, 0.15) is 4.88 Å². The van der Waals surface area contributed by atoms with Gasteiger partial charge in [0.25, 0.3) is 0 Å². The van der Waals surface area contributed by atoms with E-state index in [-0.39, 0.29) is 6.42 Å². The number of thiophene rings is 1. The molecule has 0 aliphatic carbocycles. The SMILES string of the molecule is O=C(O)Cc1ccc(-c2cc(Cl)cc(Cl)c2)s1. The lowest BCUT2D eigenvalue weighted by atomic mass is 10.2. The number of aliphatic carboxylic acids is 1. The lowest BCUT2D eigenvalue weighted by molar-refractivity contribution is -0.136. The molecule has 0 aliphatic heterocycles. The van der Waals surface area contributed by atoms with Crippen molar-refractivity contribution in [3.63, 3.8) is 0 Å². The number of carboxylic acid groups (broad SMARTS) is 1. The number of rotatable bonds is 3. The summed E-state index contributed by atoms with van der Waals surface area (Å²) in [6.07, 6.45) is 0.0406. The van der Waals surface area contributed by atoms with E-state index < -0.39 is 5.97 Å². The highest BCUT2D eigenvalue weighted by Crippen LogP contribution is 2.32. The molecule has 2 aromatic rings. The Bertz CT molecular complexity index is 543. The highest BCUT2D eigenvalue weighted by molar-refractivity contribution is 7.15. The second kappa shape index (κ2) is 5.08. The summed E-state index contributed by atoms with van der Waals surface area (Å²) in [7, 11) is 0. The molecule has 0 saturated carbocycles. The van der Waals surface area contributed by atoms with Crippen LogP contribution in [0.15, 0.2) is 30.3 Å². The number of carbonyl (C=O) groups is 1. The van der Waals surface area contributed by atoms with Crippen LogP contribution >= 0.6 is 34.5 Å². The Balaban J connectivity index is 2.33. The van der Waals surface area contributed by atoms with Crippen LogP contribution in [-0.4, -0.2) is 11.1 Å². The Labute approximate surface area is 112 Å². The van der Waals surface area contributed by atoms with Gasteiger partial charge in [-0.3, -0.25) is 4.79 Å². The normalized spacial score (nSPS) is 10.5. The lowest BCUT2D eigenvalue weighted by Crippen LogP contribution is -1.96. The van der Waals surface area contributed by atoms with Gasteiger partial charge < -0.3 is 5.11 Å². The van der Waals surface area contributed by atoms with Crippen molar-refractivity contribution in [3.8, 4) is 10.4 Å². The van der Waals surface area contributed by atoms with E-state index in [1.165, 1.54) is 11.3 Å². The zero-order chi connectivity index (χ0) is 12.4. The molecule has 1 aromatic carbocycles. The van der Waals surface area contributed by atoms with Gasteiger partial charge in [0.05, 0.1) is 6.42 Å². The zero-order valence-electron chi connectivity index (χ0n) is 8.61. The molecule has 17 heavy (non-hydrogen) atoms. The molecule has 0 spiro atoms. The van der Waals surface area contributed by atoms with Crippen LogP contribution in [0.4, 0.5) is 0 Å². The van der Waals surface area contributed by atoms with Gasteiger partial charge in [-0.05, 0) is 35.9 Å². The summed E-state index contributed by atoms with van der Waals surface area (Å²) < 4.78 is 0. The maximum absolute atomic E-state index is 10.6. The molecule has 0 bridgehead atoms. The molecule has 0 saturated heterocycles. The first-order valence-corrected chi connectivity index (χ1v) is 6.39. The van der Waals surface area contributed by atoms with Crippen LogP contribution in [0.25, 0.3) is 10.4 Å². The Morgan fingerprint density at radius 1 is 1.18 bits per heavy atom. The molecular weight excluding hydrogens is 279 g/mol. The minimum absolute atomic E-state index is 0.0406. The molecule has 1 heterocycles. The average Bonchev–Trinajstić information content (AvgIpc) is 2.63. The molecule has 1 N–H and O–H groups in total. The van der Waals surface area contributed by atoms with Crippen molar-refractivity contribution in [1.29, 1.82) is 0 Å². The van der Waals surface area contributed by atoms with Crippen LogP contribution in [0.5, 0.6) is 0 Å². The second-order valence-electron chi connectivity index (χ2n) is 3.49. The quantitative estimate of drug-likeness (QED) is 0.911. The first-order chi connectivity index (χ1) is 8.04. The second-order valence-corrected chi connectivity index (χ2v) is 5.54. The molecule has 0 amide bonds. The van der Waals surface area contributed by atoms with Crippen LogP contribution in [0.3, 0.4) is 0 Å². The lowest BCUT2D eigenvalue weighted by Gasteiger charge is -1.99. The molecule has 0 fully saturated rings. The van der Waals surface area contributed by atoms with E-state index in [4.69, 9.17) is 28.3 Å². The fraction of sp³-hybridized carbons (Fsp3) is 0.0833. The zero-order valence-corrected chi connectivity index (χ0v) is 10.9. The number of halogens is 2. The van der Waals surface area contributed by atoms with Gasteiger partial charge in [-0.2, -0.15) is 0 Å². The molecule has 0 radical (unpaired) electrons. The van der Waals surface area contributed by atoms with Crippen molar-refractivity contribution in [2.45, 2.75) is 6.42 Å². The average molecular weight is 287 g/mol. The predicted molar refractivity (Wildman–Crippen MR) is 71.1 cm³/mol. The first kappa shape index (κ1) is 12.4. The monoisotopic (exact) mass is 286 g/mol. The summed E-state index contributed by atoms with van der Waals surface area (Å²) >= 11 is 13.3. The summed E-state index contributed by atoms with van der Waals surface area (Å²) in [5.74, 6) is -0.831. The first-order valence-electron chi connectivity index (χ1n) is 4.81. The summed E-state index contributed by atoms with van der Waals surface area (Å²) in [4.78, 5) is 12.4. The molecule has 1 aromatic heterocycles. The highest BCUT2D eigenvalue weighted by atomic mass is 35.5. The third-order valence-corrected chi connectivity index (χ3v) is 3.70. The molecule has 0 unspecified atom stereocenters. The van der Waals surface area contributed by atoms with Crippen molar-refractivity contribution in [1.82, 2.24) is 0 Å². The number of hydrogen-bond acceptors (Lipinski definition) is 2. The van der Waals surface area contributed by atoms with Crippen LogP contribution in [0.2, 0.25) is 10.0 Å². The molecule has 0 aliphatic rings. The van der Waals surface area contributed by atoms with Gasteiger partial charge >= 0.3 is 5.97 Å². The molecular formula is C12H8Cl2O2S. The van der Waals surface area contributed by atoms with Gasteiger partial charge in [0.1, 0.15) is 0 Å². The van der Waals surface area contributed by atoms with E-state index in [2.05, 4.69) is 0 Å². The van der Waals surface area contributed by atoms with E-state index in [9.17, 15) is 4.79 Å². The summed E-state index contributed by atoms with van der Waals surface area (Å²) in [5.41, 5.74) is 0.907. The largest absolute Gasteiger partial charge is 0.481 e. The van der Waals surface area contributed by atoms with Crippen molar-refractivity contribution in [2.24, 2.45) is 0 Å². The minimum Gasteiger partial charge on any atom is -0.481 e. The summed E-state index contributed by atoms with van der Waals surface area (Å²) in [5, 5.41) is 9.84. The van der Waals surface area contributed by atoms with Crippen molar-refractivity contribution in [2.75, 3.05) is 0 Å². The fourth-order valence-electron chi connectivity index (χ4n) is 1.47. The smallest absolute Gasteiger partial charge is 0.308 e. The van der Waals surface area contributed by atoms with Crippen molar-refractivity contribution < 1.29 is 9.90 Å². The van der Waals surface area contributed by atoms with Gasteiger partial charge in [-0.25, -0.2) is 0 Å². The van der Waals surface area contributed by atoms with E-state index in [1.54, 1.807) is 6.07 Å². The third kappa shape index (κ3) is 3.22. The standard InChI is InChI=1S/C12H8Cl2O2S/c13-8-3-7(4-9(14)5-8)11-2-1-10(17-11)6-12(15)16/h1-5H,6H2,(H,15,16). The van der Waals surface area contributed by atoms with Gasteiger partial charge in [0, 0.05) is 19.8 Å². The van der Waals surface area contributed by atoms with Gasteiger partial charge in [0.2, 0.25) is 0 Å². The van der Waals surface area contributed by atoms with Gasteiger partial charge in [0.15, 0.2) is 0 Å². The van der Waals surface area contributed by atoms with Gasteiger partial charge in [-0.1, -0.05) is 23.2 Å². The van der Waals surface area contributed by atoms with Crippen molar-refractivity contribution >= 4 is 40.5 Å². The van der Waals surface area contributed by atoms with E-state index >= 15 is 0 Å². The minimum atomic E-state index is -0.831. The van der Waals surface area contributed by atoms with Crippen molar-refractivity contribution in [3.05, 3.63) is 45.3 Å². The number of carboxylic acids is 1. The topological polar surface area (TPSA) is 37.3 Å². The Morgan fingerprint density at radius 3 is 2.41 bits per heavy atom. The number of hydrogen-bond donors (Lipinski definition) is 1. The van der Waals surface area contributed by atoms with Gasteiger partial charge in [-0.15, -0.1) is 11.3 Å². The predicted octanol–water partition coefficient (Wildman–Crippen LogP) is 4.35. The maximum Gasteiger partial charge on any atom is 0.308 e. The van der Waals surface area contributed by atoms with E-state index in [1.807, 2.05) is 24.3 Å². The summed E-state index contributed by atoms with van der Waals surface area (Å²) in [6.45, 7) is 0.